The lowest BCUT2D eigenvalue weighted by Crippen LogP contribution is -2.32. The van der Waals surface area contributed by atoms with Crippen LogP contribution in [0.15, 0.2) is 47.5 Å². The molecule has 0 spiro atoms. The van der Waals surface area contributed by atoms with Crippen LogP contribution in [-0.2, 0) is 25.9 Å². The molecule has 1 atom stereocenters. The van der Waals surface area contributed by atoms with Crippen molar-refractivity contribution >= 4 is 27.0 Å². The number of thiazole rings is 1. The van der Waals surface area contributed by atoms with Gasteiger partial charge in [0.05, 0.1) is 15.8 Å². The minimum Gasteiger partial charge on any atom is -0.381 e. The maximum Gasteiger partial charge on any atom is 0.181 e. The number of H-pyrrole nitrogens is 1. The highest BCUT2D eigenvalue weighted by Crippen LogP contribution is 2.38. The Morgan fingerprint density at radius 3 is 2.47 bits per heavy atom. The lowest BCUT2D eigenvalue weighted by molar-refractivity contribution is -0.121. The van der Waals surface area contributed by atoms with Crippen LogP contribution in [0.5, 0.6) is 0 Å². The van der Waals surface area contributed by atoms with E-state index in [1.807, 2.05) is 18.3 Å². The van der Waals surface area contributed by atoms with Crippen molar-refractivity contribution in [3.05, 3.63) is 58.7 Å². The maximum atomic E-state index is 12.7. The van der Waals surface area contributed by atoms with Gasteiger partial charge in [-0.2, -0.15) is 0 Å². The van der Waals surface area contributed by atoms with E-state index in [2.05, 4.69) is 22.0 Å². The van der Waals surface area contributed by atoms with Gasteiger partial charge in [0.2, 0.25) is 0 Å². The fourth-order valence-corrected chi connectivity index (χ4v) is 8.24. The van der Waals surface area contributed by atoms with Gasteiger partial charge in [0.1, 0.15) is 10.8 Å². The molecule has 3 aromatic rings. The molecule has 2 saturated heterocycles. The Morgan fingerprint density at radius 2 is 1.76 bits per heavy atom. The van der Waals surface area contributed by atoms with Crippen molar-refractivity contribution in [2.24, 2.45) is 5.92 Å². The molecular formula is C29H35N3O4S2. The summed E-state index contributed by atoms with van der Waals surface area (Å²) in [4.78, 5) is 23.9. The molecule has 7 nitrogen and oxygen atoms in total. The van der Waals surface area contributed by atoms with Crippen LogP contribution in [0.2, 0.25) is 0 Å². The number of nitrogens with one attached hydrogen (secondary N) is 1. The summed E-state index contributed by atoms with van der Waals surface area (Å²) in [6.07, 6.45) is 7.90. The van der Waals surface area contributed by atoms with Gasteiger partial charge in [0.15, 0.2) is 9.84 Å². The minimum absolute atomic E-state index is 0.148. The van der Waals surface area contributed by atoms with Crippen molar-refractivity contribution in [1.82, 2.24) is 14.9 Å². The molecule has 1 aliphatic carbocycles. The third kappa shape index (κ3) is 5.81. The average Bonchev–Trinajstić information content (AvgIpc) is 3.53. The van der Waals surface area contributed by atoms with Crippen LogP contribution in [0.25, 0.3) is 10.7 Å². The predicted octanol–water partition coefficient (Wildman–Crippen LogP) is 5.19. The van der Waals surface area contributed by atoms with Crippen LogP contribution >= 0.6 is 11.3 Å². The number of hydrogen-bond acceptors (Lipinski definition) is 7. The molecule has 0 bridgehead atoms. The highest BCUT2D eigenvalue weighted by molar-refractivity contribution is 7.92. The van der Waals surface area contributed by atoms with Gasteiger partial charge in [-0.1, -0.05) is 12.1 Å². The number of hydrogen-bond donors (Lipinski definition) is 1. The van der Waals surface area contributed by atoms with Crippen LogP contribution in [0.4, 0.5) is 0 Å². The highest BCUT2D eigenvalue weighted by atomic mass is 32.2. The zero-order valence-electron chi connectivity index (χ0n) is 21.6. The molecule has 4 heterocycles. The first-order valence-electron chi connectivity index (χ1n) is 13.8. The maximum absolute atomic E-state index is 12.7. The molecule has 0 amide bonds. The number of nitrogens with zero attached hydrogens (tertiary/aromatic N) is 2. The normalized spacial score (nSPS) is 20.6. The quantitative estimate of drug-likeness (QED) is 0.392. The van der Waals surface area contributed by atoms with Crippen LogP contribution < -0.4 is 0 Å². The van der Waals surface area contributed by atoms with E-state index in [0.29, 0.717) is 29.4 Å². The van der Waals surface area contributed by atoms with Gasteiger partial charge in [-0.25, -0.2) is 13.4 Å². The molecule has 1 N–H and O–H groups in total. The van der Waals surface area contributed by atoms with Gasteiger partial charge in [-0.05, 0) is 67.9 Å². The van der Waals surface area contributed by atoms with Gasteiger partial charge in [-0.3, -0.25) is 9.69 Å². The number of Topliss-reactive ketones (excluding diaryl/α,β-unsaturated/α-hetero) is 1. The van der Waals surface area contributed by atoms with E-state index in [1.165, 1.54) is 4.88 Å². The molecule has 2 aliphatic heterocycles. The summed E-state index contributed by atoms with van der Waals surface area (Å²) in [6, 6.07) is 11.9. The smallest absolute Gasteiger partial charge is 0.181 e. The fraction of sp³-hybridized carbons (Fsp3) is 0.517. The third-order valence-electron chi connectivity index (χ3n) is 8.15. The lowest BCUT2D eigenvalue weighted by Gasteiger charge is -2.27. The lowest BCUT2D eigenvalue weighted by atomic mass is 9.83. The summed E-state index contributed by atoms with van der Waals surface area (Å²) >= 11 is 1.70. The Morgan fingerprint density at radius 1 is 1.03 bits per heavy atom. The molecule has 6 rings (SSSR count). The van der Waals surface area contributed by atoms with Crippen molar-refractivity contribution < 1.29 is 17.9 Å². The highest BCUT2D eigenvalue weighted by Gasteiger charge is 2.37. The van der Waals surface area contributed by atoms with Crippen molar-refractivity contribution in [2.75, 3.05) is 26.3 Å². The summed E-state index contributed by atoms with van der Waals surface area (Å²) in [6.45, 7) is 4.10. The molecular weight excluding hydrogens is 518 g/mol. The molecule has 1 unspecified atom stereocenters. The van der Waals surface area contributed by atoms with E-state index in [9.17, 15) is 13.2 Å². The second-order valence-corrected chi connectivity index (χ2v) is 14.3. The van der Waals surface area contributed by atoms with Crippen LogP contribution in [0, 0.1) is 5.92 Å². The summed E-state index contributed by atoms with van der Waals surface area (Å²) in [5.74, 6) is 1.08. The monoisotopic (exact) mass is 553 g/mol. The molecule has 1 saturated carbocycles. The first kappa shape index (κ1) is 25.9. The van der Waals surface area contributed by atoms with Gasteiger partial charge in [0.25, 0.3) is 0 Å². The summed E-state index contributed by atoms with van der Waals surface area (Å²) in [5.41, 5.74) is 3.28. The van der Waals surface area contributed by atoms with Crippen molar-refractivity contribution in [3.8, 4) is 10.7 Å². The van der Waals surface area contributed by atoms with Gasteiger partial charge in [0, 0.05) is 68.4 Å². The number of aromatic nitrogens is 2. The number of benzene rings is 1. The molecule has 3 aliphatic rings. The number of likely N-dealkylation sites (tertiary alicyclic amines) is 1. The number of carbonyl (C=O) groups excluding carboxylic acids is 1. The van der Waals surface area contributed by atoms with Gasteiger partial charge in [-0.15, -0.1) is 11.3 Å². The zero-order chi connectivity index (χ0) is 26.1. The van der Waals surface area contributed by atoms with E-state index in [4.69, 9.17) is 9.72 Å². The summed E-state index contributed by atoms with van der Waals surface area (Å²) < 4.78 is 31.0. The van der Waals surface area contributed by atoms with E-state index >= 15 is 0 Å². The number of rotatable bonds is 9. The number of ketones is 1. The Bertz CT molecular complexity index is 1360. The SMILES string of the molecule is O=C1CCN(Cc2cnc(-c3ccc(C(CC4CCOCC4)c4ccc(S(=O)(=O)C5CC5)cc4)[nH]3)s2)CC1. The van der Waals surface area contributed by atoms with Gasteiger partial charge >= 0.3 is 0 Å². The Hall–Kier alpha value is -2.33. The number of ether oxygens (including phenoxy) is 1. The predicted molar refractivity (Wildman–Crippen MR) is 148 cm³/mol. The third-order valence-corrected chi connectivity index (χ3v) is 11.4. The van der Waals surface area contributed by atoms with Crippen LogP contribution in [0.1, 0.15) is 67.0 Å². The molecule has 0 radical (unpaired) electrons. The Labute approximate surface area is 228 Å². The zero-order valence-corrected chi connectivity index (χ0v) is 23.2. The fourth-order valence-electron chi connectivity index (χ4n) is 5.64. The number of piperidine rings is 1. The summed E-state index contributed by atoms with van der Waals surface area (Å²) in [7, 11) is -3.19. The number of carbonyl (C=O) groups is 1. The van der Waals surface area contributed by atoms with E-state index in [0.717, 1.165) is 86.9 Å². The van der Waals surface area contributed by atoms with Crippen molar-refractivity contribution in [3.63, 3.8) is 0 Å². The second kappa shape index (κ2) is 11.0. The van der Waals surface area contributed by atoms with E-state index in [1.54, 1.807) is 23.5 Å². The van der Waals surface area contributed by atoms with Gasteiger partial charge < -0.3 is 9.72 Å². The Balaban J connectivity index is 1.21. The largest absolute Gasteiger partial charge is 0.381 e. The molecule has 1 aromatic carbocycles. The molecule has 38 heavy (non-hydrogen) atoms. The molecule has 202 valence electrons. The van der Waals surface area contributed by atoms with Crippen molar-refractivity contribution in [2.45, 2.75) is 67.6 Å². The first-order chi connectivity index (χ1) is 18.5. The van der Waals surface area contributed by atoms with Crippen LogP contribution in [-0.4, -0.2) is 60.6 Å². The summed E-state index contributed by atoms with van der Waals surface area (Å²) in [5, 5.41) is 0.771. The van der Waals surface area contributed by atoms with Crippen LogP contribution in [0.3, 0.4) is 0 Å². The average molecular weight is 554 g/mol. The second-order valence-electron chi connectivity index (χ2n) is 10.9. The van der Waals surface area contributed by atoms with E-state index in [-0.39, 0.29) is 11.2 Å². The number of sulfone groups is 1. The molecule has 9 heteroatoms. The molecule has 3 fully saturated rings. The van der Waals surface area contributed by atoms with Crippen molar-refractivity contribution in [1.29, 1.82) is 0 Å². The topological polar surface area (TPSA) is 92.4 Å². The minimum atomic E-state index is -3.19. The standard InChI is InChI=1S/C29H35N3O4S2/c33-22-9-13-32(14-10-22)19-23-18-30-29(37-23)28-8-7-27(31-28)26(17-20-11-15-36-16-12-20)21-1-3-24(4-2-21)38(34,35)25-5-6-25/h1-4,7-8,18,20,25-26,31H,5-6,9-17,19H2. The molecule has 2 aromatic heterocycles. The Kier molecular flexibility index (Phi) is 7.53. The van der Waals surface area contributed by atoms with E-state index < -0.39 is 9.84 Å². The number of aromatic amines is 1. The first-order valence-corrected chi connectivity index (χ1v) is 16.1.